The first kappa shape index (κ1) is 13.6. The van der Waals surface area contributed by atoms with E-state index in [-0.39, 0.29) is 12.1 Å². The fraction of sp³-hybridized carbons (Fsp3) is 0.364. The highest BCUT2D eigenvalue weighted by molar-refractivity contribution is 5.97. The van der Waals surface area contributed by atoms with Crippen molar-refractivity contribution in [2.24, 2.45) is 0 Å². The third-order valence-corrected chi connectivity index (χ3v) is 2.13. The molecular weight excluding hydrogens is 238 g/mol. The average molecular weight is 249 g/mol. The Bertz CT molecular complexity index is 414. The monoisotopic (exact) mass is 249 g/mol. The average Bonchev–Trinajstić information content (AvgIpc) is 2.25. The van der Waals surface area contributed by atoms with E-state index in [2.05, 4.69) is 5.32 Å². The van der Waals surface area contributed by atoms with E-state index in [0.717, 1.165) is 6.07 Å². The number of alkyl halides is 3. The summed E-state index contributed by atoms with van der Waals surface area (Å²) in [7, 11) is 0. The van der Waals surface area contributed by atoms with Crippen molar-refractivity contribution >= 4 is 5.78 Å². The van der Waals surface area contributed by atoms with Gasteiger partial charge in [-0.3, -0.25) is 4.79 Å². The molecule has 17 heavy (non-hydrogen) atoms. The van der Waals surface area contributed by atoms with Gasteiger partial charge in [0.2, 0.25) is 0 Å². The van der Waals surface area contributed by atoms with Crippen molar-refractivity contribution in [2.75, 3.05) is 13.1 Å². The van der Waals surface area contributed by atoms with Crippen LogP contribution in [0.3, 0.4) is 0 Å². The molecule has 1 N–H and O–H groups in total. The minimum atomic E-state index is -4.79. The topological polar surface area (TPSA) is 29.1 Å². The molecule has 0 unspecified atom stereocenters. The molecule has 0 heterocycles. The molecule has 1 aromatic carbocycles. The summed E-state index contributed by atoms with van der Waals surface area (Å²) >= 11 is 0. The summed E-state index contributed by atoms with van der Waals surface area (Å²) in [5.41, 5.74) is -1.57. The molecule has 0 aromatic heterocycles. The van der Waals surface area contributed by atoms with Gasteiger partial charge in [-0.05, 0) is 24.7 Å². The van der Waals surface area contributed by atoms with E-state index in [0.29, 0.717) is 18.7 Å². The Labute approximate surface area is 95.6 Å². The lowest BCUT2D eigenvalue weighted by atomic mass is 10.1. The number of rotatable bonds is 4. The molecule has 6 heteroatoms. The normalized spacial score (nSPS) is 11.6. The Morgan fingerprint density at radius 2 is 2.00 bits per heavy atom. The molecule has 0 fully saturated rings. The summed E-state index contributed by atoms with van der Waals surface area (Å²) in [4.78, 5) is 11.4. The molecule has 0 saturated heterocycles. The largest absolute Gasteiger partial charge is 0.419 e. The summed E-state index contributed by atoms with van der Waals surface area (Å²) in [5, 5.41) is 2.69. The molecule has 0 aliphatic rings. The first-order valence-electron chi connectivity index (χ1n) is 4.97. The van der Waals surface area contributed by atoms with Gasteiger partial charge < -0.3 is 5.32 Å². The van der Waals surface area contributed by atoms with E-state index in [9.17, 15) is 22.4 Å². The van der Waals surface area contributed by atoms with Crippen molar-refractivity contribution in [3.05, 3.63) is 35.1 Å². The van der Waals surface area contributed by atoms with Crippen LogP contribution in [0.2, 0.25) is 0 Å². The molecule has 1 aromatic rings. The molecule has 0 spiro atoms. The minimum Gasteiger partial charge on any atom is -0.310 e. The van der Waals surface area contributed by atoms with Crippen LogP contribution in [0.15, 0.2) is 18.2 Å². The summed E-state index contributed by atoms with van der Waals surface area (Å²) in [5.74, 6) is -1.88. The molecule has 0 aliphatic heterocycles. The second kappa shape index (κ2) is 5.27. The molecule has 94 valence electrons. The van der Waals surface area contributed by atoms with Gasteiger partial charge in [0.25, 0.3) is 0 Å². The number of nitrogens with one attached hydrogen (secondary N) is 1. The Balaban J connectivity index is 3.00. The third kappa shape index (κ3) is 3.52. The number of likely N-dealkylation sites (N-methyl/N-ethyl adjacent to an activating group) is 1. The van der Waals surface area contributed by atoms with Crippen molar-refractivity contribution in [3.63, 3.8) is 0 Å². The van der Waals surface area contributed by atoms with Gasteiger partial charge in [0.05, 0.1) is 12.1 Å². The Morgan fingerprint density at radius 3 is 2.53 bits per heavy atom. The van der Waals surface area contributed by atoms with Crippen molar-refractivity contribution in [1.82, 2.24) is 5.32 Å². The van der Waals surface area contributed by atoms with Crippen molar-refractivity contribution in [2.45, 2.75) is 13.1 Å². The zero-order chi connectivity index (χ0) is 13.1. The number of hydrogen-bond acceptors (Lipinski definition) is 2. The highest BCUT2D eigenvalue weighted by Crippen LogP contribution is 2.31. The van der Waals surface area contributed by atoms with Crippen LogP contribution in [0.5, 0.6) is 0 Å². The van der Waals surface area contributed by atoms with Gasteiger partial charge in [-0.1, -0.05) is 6.92 Å². The van der Waals surface area contributed by atoms with Crippen LogP contribution in [0.1, 0.15) is 22.8 Å². The first-order valence-corrected chi connectivity index (χ1v) is 4.97. The number of hydrogen-bond donors (Lipinski definition) is 1. The maximum absolute atomic E-state index is 12.9. The van der Waals surface area contributed by atoms with Crippen LogP contribution in [0.25, 0.3) is 0 Å². The predicted molar refractivity (Wildman–Crippen MR) is 54.3 cm³/mol. The third-order valence-electron chi connectivity index (χ3n) is 2.13. The van der Waals surface area contributed by atoms with Gasteiger partial charge in [0.1, 0.15) is 5.82 Å². The smallest absolute Gasteiger partial charge is 0.310 e. The van der Waals surface area contributed by atoms with Gasteiger partial charge in [-0.25, -0.2) is 4.39 Å². The van der Waals surface area contributed by atoms with E-state index in [1.165, 1.54) is 0 Å². The standard InChI is InChI=1S/C11H11F4NO/c1-2-16-6-10(17)7-3-4-9(12)8(5-7)11(13,14)15/h3-5,16H,2,6H2,1H3. The number of ketones is 1. The van der Waals surface area contributed by atoms with E-state index >= 15 is 0 Å². The minimum absolute atomic E-state index is 0.0700. The van der Waals surface area contributed by atoms with Crippen molar-refractivity contribution in [1.29, 1.82) is 0 Å². The van der Waals surface area contributed by atoms with Crippen LogP contribution in [-0.4, -0.2) is 18.9 Å². The first-order chi connectivity index (χ1) is 7.86. The zero-order valence-corrected chi connectivity index (χ0v) is 9.07. The molecule has 0 saturated carbocycles. The van der Waals surface area contributed by atoms with Crippen molar-refractivity contribution in [3.8, 4) is 0 Å². The van der Waals surface area contributed by atoms with Gasteiger partial charge in [-0.15, -0.1) is 0 Å². The van der Waals surface area contributed by atoms with Gasteiger partial charge in [0, 0.05) is 5.56 Å². The lowest BCUT2D eigenvalue weighted by Crippen LogP contribution is -2.23. The fourth-order valence-corrected chi connectivity index (χ4v) is 1.26. The maximum Gasteiger partial charge on any atom is 0.419 e. The fourth-order valence-electron chi connectivity index (χ4n) is 1.26. The molecule has 0 amide bonds. The summed E-state index contributed by atoms with van der Waals surface area (Å²) in [6.45, 7) is 2.22. The van der Waals surface area contributed by atoms with Crippen LogP contribution in [-0.2, 0) is 6.18 Å². The SMILES string of the molecule is CCNCC(=O)c1ccc(F)c(C(F)(F)F)c1. The molecule has 0 aliphatic carbocycles. The van der Waals surface area contributed by atoms with Gasteiger partial charge in [0.15, 0.2) is 5.78 Å². The summed E-state index contributed by atoms with van der Waals surface area (Å²) < 4.78 is 50.1. The highest BCUT2D eigenvalue weighted by Gasteiger charge is 2.34. The second-order valence-electron chi connectivity index (χ2n) is 3.40. The number of halogens is 4. The molecule has 0 bridgehead atoms. The zero-order valence-electron chi connectivity index (χ0n) is 9.07. The molecular formula is C11H11F4NO. The number of carbonyl (C=O) groups excluding carboxylic acids is 1. The van der Waals surface area contributed by atoms with Crippen LogP contribution < -0.4 is 5.32 Å². The van der Waals surface area contributed by atoms with Crippen molar-refractivity contribution < 1.29 is 22.4 Å². The van der Waals surface area contributed by atoms with E-state index < -0.39 is 23.3 Å². The number of benzene rings is 1. The van der Waals surface area contributed by atoms with E-state index in [1.54, 1.807) is 6.92 Å². The van der Waals surface area contributed by atoms with Gasteiger partial charge in [-0.2, -0.15) is 13.2 Å². The summed E-state index contributed by atoms with van der Waals surface area (Å²) in [6.07, 6.45) is -4.79. The molecule has 0 radical (unpaired) electrons. The van der Waals surface area contributed by atoms with Crippen LogP contribution in [0.4, 0.5) is 17.6 Å². The lowest BCUT2D eigenvalue weighted by molar-refractivity contribution is -0.140. The highest BCUT2D eigenvalue weighted by atomic mass is 19.4. The Kier molecular flexibility index (Phi) is 4.22. The maximum atomic E-state index is 12.9. The van der Waals surface area contributed by atoms with Crippen LogP contribution in [0, 0.1) is 5.82 Å². The number of Topliss-reactive ketones (excluding diaryl/α,β-unsaturated/α-hetero) is 1. The second-order valence-corrected chi connectivity index (χ2v) is 3.40. The quantitative estimate of drug-likeness (QED) is 0.656. The molecule has 1 rings (SSSR count). The Morgan fingerprint density at radius 1 is 1.35 bits per heavy atom. The van der Waals surface area contributed by atoms with E-state index in [1.807, 2.05) is 0 Å². The van der Waals surface area contributed by atoms with Gasteiger partial charge >= 0.3 is 6.18 Å². The predicted octanol–water partition coefficient (Wildman–Crippen LogP) is 2.64. The lowest BCUT2D eigenvalue weighted by Gasteiger charge is -2.09. The Hall–Kier alpha value is -1.43. The molecule has 2 nitrogen and oxygen atoms in total. The molecule has 0 atom stereocenters. The van der Waals surface area contributed by atoms with E-state index in [4.69, 9.17) is 0 Å². The van der Waals surface area contributed by atoms with Crippen LogP contribution >= 0.6 is 0 Å². The summed E-state index contributed by atoms with van der Waals surface area (Å²) in [6, 6.07) is 2.24. The number of carbonyl (C=O) groups is 1.